The number of amides is 1. The first-order valence-electron chi connectivity index (χ1n) is 10.9. The summed E-state index contributed by atoms with van der Waals surface area (Å²) in [4.78, 5) is 18.0. The summed E-state index contributed by atoms with van der Waals surface area (Å²) in [5, 5.41) is 10.6. The summed E-state index contributed by atoms with van der Waals surface area (Å²) in [7, 11) is 1.58. The van der Waals surface area contributed by atoms with Gasteiger partial charge in [-0.15, -0.1) is 0 Å². The zero-order valence-electron chi connectivity index (χ0n) is 19.4. The Morgan fingerprint density at radius 3 is 2.68 bits per heavy atom. The average Bonchev–Trinajstić information content (AvgIpc) is 3.28. The van der Waals surface area contributed by atoms with Gasteiger partial charge in [0.25, 0.3) is 5.91 Å². The van der Waals surface area contributed by atoms with Crippen LogP contribution < -0.4 is 24.8 Å². The molecule has 1 aromatic heterocycles. The van der Waals surface area contributed by atoms with E-state index in [2.05, 4.69) is 36.6 Å². The summed E-state index contributed by atoms with van der Waals surface area (Å²) in [6.45, 7) is 6.62. The molecule has 2 N–H and O–H groups in total. The number of rotatable bonds is 8. The lowest BCUT2D eigenvalue weighted by molar-refractivity contribution is -0.113. The molecule has 0 radical (unpaired) electrons. The van der Waals surface area contributed by atoms with Crippen LogP contribution in [0.5, 0.6) is 17.2 Å². The third-order valence-electron chi connectivity index (χ3n) is 5.33. The number of carbonyl (C=O) groups excluding carboxylic acids is 1. The fourth-order valence-corrected chi connectivity index (χ4v) is 4.49. The second-order valence-electron chi connectivity index (χ2n) is 7.44. The molecule has 0 aliphatic carbocycles. The van der Waals surface area contributed by atoms with Crippen LogP contribution in [0.1, 0.15) is 32.4 Å². The minimum absolute atomic E-state index is 0.285. The maximum absolute atomic E-state index is 13.7. The minimum atomic E-state index is -0.557. The Labute approximate surface area is 206 Å². The molecule has 178 valence electrons. The van der Waals surface area contributed by atoms with Gasteiger partial charge in [0.2, 0.25) is 5.95 Å². The smallest absolute Gasteiger partial charge is 0.255 e. The second kappa shape index (κ2) is 10.2. The van der Waals surface area contributed by atoms with E-state index in [1.54, 1.807) is 17.9 Å². The molecule has 1 atom stereocenters. The van der Waals surface area contributed by atoms with Crippen molar-refractivity contribution < 1.29 is 19.0 Å². The molecule has 34 heavy (non-hydrogen) atoms. The minimum Gasteiger partial charge on any atom is -0.493 e. The Hall–Kier alpha value is -3.53. The number of aromatic nitrogens is 3. The standard InChI is InChI=1S/C24H26BrN5O4/c1-5-33-18-10-8-7-9-17(18)29-23(31)20-14(3)28-24-26-13-27-30(24)21(20)15-11-16(25)22(34-6-2)19(12-15)32-4/h7-13,21H,5-6H2,1-4H3,(H,29,31)(H,26,27,28). The van der Waals surface area contributed by atoms with Gasteiger partial charge in [0, 0.05) is 5.70 Å². The Kier molecular flexibility index (Phi) is 7.06. The zero-order chi connectivity index (χ0) is 24.2. The maximum atomic E-state index is 13.7. The molecule has 9 nitrogen and oxygen atoms in total. The molecule has 2 heterocycles. The van der Waals surface area contributed by atoms with Crippen LogP contribution in [0.4, 0.5) is 11.6 Å². The van der Waals surface area contributed by atoms with Gasteiger partial charge in [-0.2, -0.15) is 10.1 Å². The number of halogens is 1. The van der Waals surface area contributed by atoms with Crippen molar-refractivity contribution in [1.29, 1.82) is 0 Å². The summed E-state index contributed by atoms with van der Waals surface area (Å²) in [5.74, 6) is 2.00. The average molecular weight is 528 g/mol. The van der Waals surface area contributed by atoms with Crippen LogP contribution in [-0.4, -0.2) is 41.0 Å². The lowest BCUT2D eigenvalue weighted by atomic mass is 9.94. The molecule has 0 saturated carbocycles. The highest BCUT2D eigenvalue weighted by molar-refractivity contribution is 9.10. The van der Waals surface area contributed by atoms with Gasteiger partial charge >= 0.3 is 0 Å². The van der Waals surface area contributed by atoms with E-state index in [1.165, 1.54) is 6.33 Å². The van der Waals surface area contributed by atoms with Crippen LogP contribution in [0.3, 0.4) is 0 Å². The monoisotopic (exact) mass is 527 g/mol. The van der Waals surface area contributed by atoms with Gasteiger partial charge in [0.15, 0.2) is 11.5 Å². The van der Waals surface area contributed by atoms with Crippen LogP contribution in [0, 0.1) is 0 Å². The SMILES string of the molecule is CCOc1ccccc1NC(=O)C1=C(C)Nc2ncnn2C1c1cc(Br)c(OCC)c(OC)c1. The van der Waals surface area contributed by atoms with E-state index in [-0.39, 0.29) is 5.91 Å². The van der Waals surface area contributed by atoms with Crippen LogP contribution in [-0.2, 0) is 4.79 Å². The third-order valence-corrected chi connectivity index (χ3v) is 5.92. The van der Waals surface area contributed by atoms with Crippen molar-refractivity contribution in [3.63, 3.8) is 0 Å². The zero-order valence-corrected chi connectivity index (χ0v) is 21.0. The largest absolute Gasteiger partial charge is 0.493 e. The Morgan fingerprint density at radius 1 is 1.18 bits per heavy atom. The number of fused-ring (bicyclic) bond motifs is 1. The molecule has 0 bridgehead atoms. The summed E-state index contributed by atoms with van der Waals surface area (Å²) >= 11 is 3.59. The highest BCUT2D eigenvalue weighted by atomic mass is 79.9. The van der Waals surface area contributed by atoms with E-state index in [4.69, 9.17) is 14.2 Å². The van der Waals surface area contributed by atoms with E-state index < -0.39 is 6.04 Å². The summed E-state index contributed by atoms with van der Waals surface area (Å²) in [6.07, 6.45) is 1.45. The molecule has 2 aromatic carbocycles. The Balaban J connectivity index is 1.79. The number of hydrogen-bond acceptors (Lipinski definition) is 7. The van der Waals surface area contributed by atoms with Gasteiger partial charge in [-0.3, -0.25) is 4.79 Å². The number of nitrogens with one attached hydrogen (secondary N) is 2. The van der Waals surface area contributed by atoms with Gasteiger partial charge in [-0.1, -0.05) is 12.1 Å². The van der Waals surface area contributed by atoms with Gasteiger partial charge in [0.1, 0.15) is 18.1 Å². The van der Waals surface area contributed by atoms with Gasteiger partial charge < -0.3 is 24.8 Å². The number of benzene rings is 2. The lowest BCUT2D eigenvalue weighted by Gasteiger charge is -2.29. The summed E-state index contributed by atoms with van der Waals surface area (Å²) in [5.41, 5.74) is 2.52. The van der Waals surface area contributed by atoms with Gasteiger partial charge in [0.05, 0.1) is 36.1 Å². The normalized spacial score (nSPS) is 14.8. The Bertz CT molecular complexity index is 1240. The first kappa shape index (κ1) is 23.6. The maximum Gasteiger partial charge on any atom is 0.255 e. The number of hydrogen-bond donors (Lipinski definition) is 2. The summed E-state index contributed by atoms with van der Waals surface area (Å²) in [6, 6.07) is 10.5. The van der Waals surface area contributed by atoms with Gasteiger partial charge in [-0.25, -0.2) is 4.68 Å². The molecule has 1 aliphatic rings. The third kappa shape index (κ3) is 4.45. The van der Waals surface area contributed by atoms with Crippen molar-refractivity contribution in [2.75, 3.05) is 31.0 Å². The van der Waals surface area contributed by atoms with Crippen LogP contribution in [0.25, 0.3) is 0 Å². The molecule has 0 fully saturated rings. The predicted molar refractivity (Wildman–Crippen MR) is 133 cm³/mol. The molecular weight excluding hydrogens is 502 g/mol. The second-order valence-corrected chi connectivity index (χ2v) is 8.30. The molecule has 1 unspecified atom stereocenters. The van der Waals surface area contributed by atoms with Crippen molar-refractivity contribution in [2.45, 2.75) is 26.8 Å². The fraction of sp³-hybridized carbons (Fsp3) is 0.292. The number of ether oxygens (including phenoxy) is 3. The molecule has 1 amide bonds. The van der Waals surface area contributed by atoms with E-state index >= 15 is 0 Å². The highest BCUT2D eigenvalue weighted by Crippen LogP contribution is 2.42. The van der Waals surface area contributed by atoms with Crippen molar-refractivity contribution in [1.82, 2.24) is 14.8 Å². The van der Waals surface area contributed by atoms with Crippen molar-refractivity contribution >= 4 is 33.5 Å². The van der Waals surface area contributed by atoms with Crippen LogP contribution in [0.15, 0.2) is 58.5 Å². The van der Waals surface area contributed by atoms with E-state index in [0.29, 0.717) is 57.8 Å². The molecule has 4 rings (SSSR count). The molecule has 3 aromatic rings. The number of allylic oxidation sites excluding steroid dienone is 1. The summed E-state index contributed by atoms with van der Waals surface area (Å²) < 4.78 is 19.4. The van der Waals surface area contributed by atoms with Gasteiger partial charge in [-0.05, 0) is 66.5 Å². The Morgan fingerprint density at radius 2 is 1.94 bits per heavy atom. The molecule has 1 aliphatic heterocycles. The topological polar surface area (TPSA) is 99.5 Å². The van der Waals surface area contributed by atoms with Crippen molar-refractivity contribution in [2.24, 2.45) is 0 Å². The van der Waals surface area contributed by atoms with E-state index in [9.17, 15) is 4.79 Å². The predicted octanol–water partition coefficient (Wildman–Crippen LogP) is 4.77. The van der Waals surface area contributed by atoms with Crippen LogP contribution in [0.2, 0.25) is 0 Å². The van der Waals surface area contributed by atoms with Crippen molar-refractivity contribution in [3.8, 4) is 17.2 Å². The first-order valence-corrected chi connectivity index (χ1v) is 11.7. The molecule has 10 heteroatoms. The number of anilines is 2. The first-order chi connectivity index (χ1) is 16.5. The molecule has 0 spiro atoms. The highest BCUT2D eigenvalue weighted by Gasteiger charge is 2.34. The number of para-hydroxylation sites is 2. The molecule has 0 saturated heterocycles. The number of nitrogens with zero attached hydrogens (tertiary/aromatic N) is 3. The number of carbonyl (C=O) groups is 1. The number of methoxy groups -OCH3 is 1. The van der Waals surface area contributed by atoms with E-state index in [0.717, 1.165) is 5.56 Å². The molecular formula is C24H26BrN5O4. The lowest BCUT2D eigenvalue weighted by Crippen LogP contribution is -2.31. The quantitative estimate of drug-likeness (QED) is 0.435. The van der Waals surface area contributed by atoms with Crippen LogP contribution >= 0.6 is 15.9 Å². The van der Waals surface area contributed by atoms with E-state index in [1.807, 2.05) is 51.1 Å². The fourth-order valence-electron chi connectivity index (χ4n) is 3.92. The van der Waals surface area contributed by atoms with Crippen molar-refractivity contribution in [3.05, 3.63) is 64.0 Å².